The molecule has 1 aliphatic heterocycles. The van der Waals surface area contributed by atoms with Gasteiger partial charge in [0.2, 0.25) is 0 Å². The summed E-state index contributed by atoms with van der Waals surface area (Å²) in [6, 6.07) is 0.963. The molecule has 94 valence electrons. The van der Waals surface area contributed by atoms with Gasteiger partial charge in [0.15, 0.2) is 0 Å². The van der Waals surface area contributed by atoms with E-state index < -0.39 is 5.41 Å². The van der Waals surface area contributed by atoms with E-state index in [1.807, 2.05) is 13.8 Å². The Bertz CT molecular complexity index is 253. The van der Waals surface area contributed by atoms with E-state index in [-0.39, 0.29) is 5.97 Å². The normalized spacial score (nSPS) is 27.8. The molecule has 0 amide bonds. The number of esters is 1. The molecule has 0 bridgehead atoms. The Kier molecular flexibility index (Phi) is 4.33. The molecule has 16 heavy (non-hydrogen) atoms. The highest BCUT2D eigenvalue weighted by Gasteiger charge is 2.34. The number of carbonyl (C=O) groups is 1. The van der Waals surface area contributed by atoms with Crippen molar-refractivity contribution in [2.24, 2.45) is 5.41 Å². The Morgan fingerprint density at radius 1 is 1.50 bits per heavy atom. The smallest absolute Gasteiger partial charge is 0.312 e. The highest BCUT2D eigenvalue weighted by molar-refractivity contribution is 5.76. The van der Waals surface area contributed by atoms with Crippen LogP contribution in [0.1, 0.15) is 27.7 Å². The molecular weight excluding hydrogens is 204 g/mol. The molecule has 0 aliphatic carbocycles. The fourth-order valence-electron chi connectivity index (χ4n) is 2.17. The van der Waals surface area contributed by atoms with E-state index >= 15 is 0 Å². The minimum atomic E-state index is -0.430. The van der Waals surface area contributed by atoms with Crippen LogP contribution in [0, 0.1) is 5.41 Å². The SMILES string of the molecule is COC(=O)C(C)(C)CN1CC(C)NCC1C. The van der Waals surface area contributed by atoms with Crippen molar-refractivity contribution < 1.29 is 9.53 Å². The molecule has 2 unspecified atom stereocenters. The molecule has 4 nitrogen and oxygen atoms in total. The van der Waals surface area contributed by atoms with Gasteiger partial charge in [-0.3, -0.25) is 9.69 Å². The van der Waals surface area contributed by atoms with Crippen molar-refractivity contribution in [3.05, 3.63) is 0 Å². The van der Waals surface area contributed by atoms with Gasteiger partial charge in [-0.05, 0) is 27.7 Å². The Labute approximate surface area is 98.3 Å². The first-order valence-electron chi connectivity index (χ1n) is 5.92. The maximum Gasteiger partial charge on any atom is 0.312 e. The largest absolute Gasteiger partial charge is 0.469 e. The quantitative estimate of drug-likeness (QED) is 0.728. The van der Waals surface area contributed by atoms with E-state index in [0.29, 0.717) is 12.1 Å². The Balaban J connectivity index is 2.60. The van der Waals surface area contributed by atoms with Gasteiger partial charge in [-0.2, -0.15) is 0 Å². The van der Waals surface area contributed by atoms with Crippen LogP contribution in [0.2, 0.25) is 0 Å². The number of ether oxygens (including phenoxy) is 1. The summed E-state index contributed by atoms with van der Waals surface area (Å²) in [5, 5.41) is 3.43. The number of hydrogen-bond donors (Lipinski definition) is 1. The Morgan fingerprint density at radius 2 is 2.12 bits per heavy atom. The molecular formula is C12H24N2O2. The van der Waals surface area contributed by atoms with Crippen LogP contribution in [0.3, 0.4) is 0 Å². The van der Waals surface area contributed by atoms with Gasteiger partial charge in [-0.15, -0.1) is 0 Å². The van der Waals surface area contributed by atoms with E-state index in [9.17, 15) is 4.79 Å². The predicted octanol–water partition coefficient (Wildman–Crippen LogP) is 0.868. The molecule has 0 radical (unpaired) electrons. The van der Waals surface area contributed by atoms with E-state index in [1.165, 1.54) is 7.11 Å². The van der Waals surface area contributed by atoms with Crippen molar-refractivity contribution in [2.75, 3.05) is 26.7 Å². The third-order valence-corrected chi connectivity index (χ3v) is 3.23. The number of methoxy groups -OCH3 is 1. The molecule has 1 saturated heterocycles. The van der Waals surface area contributed by atoms with Gasteiger partial charge < -0.3 is 10.1 Å². The van der Waals surface area contributed by atoms with Crippen molar-refractivity contribution in [3.63, 3.8) is 0 Å². The van der Waals surface area contributed by atoms with Crippen LogP contribution in [-0.4, -0.2) is 49.7 Å². The lowest BCUT2D eigenvalue weighted by atomic mass is 9.91. The van der Waals surface area contributed by atoms with Gasteiger partial charge in [0, 0.05) is 31.7 Å². The molecule has 2 atom stereocenters. The second-order valence-corrected chi connectivity index (χ2v) is 5.46. The molecule has 0 saturated carbocycles. The van der Waals surface area contributed by atoms with Crippen molar-refractivity contribution in [1.29, 1.82) is 0 Å². The third-order valence-electron chi connectivity index (χ3n) is 3.23. The number of hydrogen-bond acceptors (Lipinski definition) is 4. The summed E-state index contributed by atoms with van der Waals surface area (Å²) in [5.41, 5.74) is -0.430. The number of rotatable bonds is 3. The van der Waals surface area contributed by atoms with E-state index in [2.05, 4.69) is 24.1 Å². The van der Waals surface area contributed by atoms with Crippen molar-refractivity contribution in [3.8, 4) is 0 Å². The molecule has 1 heterocycles. The summed E-state index contributed by atoms with van der Waals surface area (Å²) in [5.74, 6) is -0.133. The minimum Gasteiger partial charge on any atom is -0.469 e. The summed E-state index contributed by atoms with van der Waals surface area (Å²) in [7, 11) is 1.45. The van der Waals surface area contributed by atoms with Crippen LogP contribution >= 0.6 is 0 Å². The van der Waals surface area contributed by atoms with Crippen LogP contribution < -0.4 is 5.32 Å². The van der Waals surface area contributed by atoms with Gasteiger partial charge in [-0.1, -0.05) is 0 Å². The summed E-state index contributed by atoms with van der Waals surface area (Å²) in [4.78, 5) is 14.0. The standard InChI is InChI=1S/C12H24N2O2/c1-9-7-14(10(2)6-13-9)8-12(3,4)11(15)16-5/h9-10,13H,6-8H2,1-5H3. The van der Waals surface area contributed by atoms with Crippen LogP contribution in [0.15, 0.2) is 0 Å². The van der Waals surface area contributed by atoms with E-state index in [0.717, 1.165) is 19.6 Å². The monoisotopic (exact) mass is 228 g/mol. The number of nitrogens with zero attached hydrogens (tertiary/aromatic N) is 1. The molecule has 1 aliphatic rings. The maximum absolute atomic E-state index is 11.6. The number of piperazine rings is 1. The lowest BCUT2D eigenvalue weighted by Gasteiger charge is -2.40. The lowest BCUT2D eigenvalue weighted by molar-refractivity contribution is -0.152. The van der Waals surface area contributed by atoms with Crippen LogP contribution in [0.4, 0.5) is 0 Å². The molecule has 0 aromatic heterocycles. The fourth-order valence-corrected chi connectivity index (χ4v) is 2.17. The predicted molar refractivity (Wildman–Crippen MR) is 64.3 cm³/mol. The molecule has 4 heteroatoms. The van der Waals surface area contributed by atoms with Crippen molar-refractivity contribution >= 4 is 5.97 Å². The average molecular weight is 228 g/mol. The van der Waals surface area contributed by atoms with Crippen LogP contribution in [0.5, 0.6) is 0 Å². The minimum absolute atomic E-state index is 0.133. The van der Waals surface area contributed by atoms with Crippen molar-refractivity contribution in [2.45, 2.75) is 39.8 Å². The molecule has 0 aromatic rings. The Morgan fingerprint density at radius 3 is 2.69 bits per heavy atom. The van der Waals surface area contributed by atoms with E-state index in [4.69, 9.17) is 4.74 Å². The first kappa shape index (κ1) is 13.5. The first-order valence-corrected chi connectivity index (χ1v) is 5.92. The second kappa shape index (κ2) is 5.15. The number of nitrogens with one attached hydrogen (secondary N) is 1. The molecule has 0 aromatic carbocycles. The lowest BCUT2D eigenvalue weighted by Crippen LogP contribution is -2.57. The summed E-state index contributed by atoms with van der Waals surface area (Å²) >= 11 is 0. The van der Waals surface area contributed by atoms with Crippen LogP contribution in [-0.2, 0) is 9.53 Å². The van der Waals surface area contributed by atoms with E-state index in [1.54, 1.807) is 0 Å². The highest BCUT2D eigenvalue weighted by Crippen LogP contribution is 2.21. The molecule has 1 N–H and O–H groups in total. The van der Waals surface area contributed by atoms with Gasteiger partial charge in [0.1, 0.15) is 0 Å². The molecule has 1 rings (SSSR count). The van der Waals surface area contributed by atoms with Crippen LogP contribution in [0.25, 0.3) is 0 Å². The average Bonchev–Trinajstić information content (AvgIpc) is 2.22. The molecule has 1 fully saturated rings. The van der Waals surface area contributed by atoms with Gasteiger partial charge >= 0.3 is 5.97 Å². The zero-order chi connectivity index (χ0) is 12.3. The Hall–Kier alpha value is -0.610. The first-order chi connectivity index (χ1) is 7.36. The zero-order valence-electron chi connectivity index (χ0n) is 11.0. The van der Waals surface area contributed by atoms with Crippen molar-refractivity contribution in [1.82, 2.24) is 10.2 Å². The van der Waals surface area contributed by atoms with Gasteiger partial charge in [-0.25, -0.2) is 0 Å². The molecule has 0 spiro atoms. The summed E-state index contributed by atoms with van der Waals surface area (Å²) in [6.07, 6.45) is 0. The summed E-state index contributed by atoms with van der Waals surface area (Å²) in [6.45, 7) is 11.0. The highest BCUT2D eigenvalue weighted by atomic mass is 16.5. The van der Waals surface area contributed by atoms with Gasteiger partial charge in [0.25, 0.3) is 0 Å². The maximum atomic E-state index is 11.6. The van der Waals surface area contributed by atoms with Gasteiger partial charge in [0.05, 0.1) is 12.5 Å². The summed E-state index contributed by atoms with van der Waals surface area (Å²) < 4.78 is 4.84. The topological polar surface area (TPSA) is 41.6 Å². The second-order valence-electron chi connectivity index (χ2n) is 5.46. The number of carbonyl (C=O) groups excluding carboxylic acids is 1. The fraction of sp³-hybridized carbons (Fsp3) is 0.917. The third kappa shape index (κ3) is 3.19. The zero-order valence-corrected chi connectivity index (χ0v) is 11.0.